The van der Waals surface area contributed by atoms with E-state index < -0.39 is 199 Å². The van der Waals surface area contributed by atoms with Crippen LogP contribution in [0.3, 0.4) is 0 Å². The highest BCUT2D eigenvalue weighted by molar-refractivity contribution is 6.00. The second kappa shape index (κ2) is 48.8. The molecule has 1 saturated heterocycles. The van der Waals surface area contributed by atoms with Gasteiger partial charge in [0.15, 0.2) is 5.96 Å². The molecule has 0 unspecified atom stereocenters. The zero-order valence-corrected chi connectivity index (χ0v) is 62.1. The highest BCUT2D eigenvalue weighted by Gasteiger charge is 2.39. The normalized spacial score (nSPS) is 18.9. The number of aliphatic carboxylic acids is 1. The number of unbranched alkanes of at least 4 members (excludes halogenated alkanes) is 2. The van der Waals surface area contributed by atoms with Crippen molar-refractivity contribution in [3.8, 4) is 0 Å². The summed E-state index contributed by atoms with van der Waals surface area (Å²) in [7, 11) is 0. The van der Waals surface area contributed by atoms with Crippen molar-refractivity contribution >= 4 is 101 Å². The van der Waals surface area contributed by atoms with Crippen LogP contribution in [0, 0.1) is 17.8 Å². The minimum atomic E-state index is -1.87. The number of hydrogen-bond donors (Lipinski definition) is 21. The largest absolute Gasteiger partial charge is 0.481 e. The number of nitrogens with zero attached hydrogens (tertiary/aromatic N) is 2. The van der Waals surface area contributed by atoms with Crippen molar-refractivity contribution in [2.75, 3.05) is 26.2 Å². The number of carbonyl (C=O) groups excluding carboxylic acids is 15. The lowest BCUT2D eigenvalue weighted by atomic mass is 9.94. The van der Waals surface area contributed by atoms with Gasteiger partial charge in [-0.2, -0.15) is 0 Å². The molecule has 0 bridgehead atoms. The fourth-order valence-electron chi connectivity index (χ4n) is 11.1. The summed E-state index contributed by atoms with van der Waals surface area (Å²) in [5, 5.41) is 43.2. The molecule has 2 heterocycles. The number of carboxylic acids is 1. The van der Waals surface area contributed by atoms with E-state index >= 15 is 0 Å². The first kappa shape index (κ1) is 92.0. The molecule has 0 saturated carbocycles. The molecular formula is C67H116N22O17. The molecule has 39 heteroatoms. The first-order chi connectivity index (χ1) is 50.1. The van der Waals surface area contributed by atoms with Crippen LogP contribution in [0.1, 0.15) is 183 Å². The number of aliphatic imine (C=N–C) groups is 1. The number of nitrogens with one attached hydrogen (secondary N) is 14. The van der Waals surface area contributed by atoms with E-state index in [1.165, 1.54) is 12.5 Å². The van der Waals surface area contributed by atoms with Gasteiger partial charge in [0, 0.05) is 57.7 Å². The average Bonchev–Trinajstić information content (AvgIpc) is 1.09. The SMILES string of the molecule is CCCC[C@H](NC(=O)[C@H](CC(C)C)NC(=O)[C@H](CCCCN)NC(=O)[C@H](CCCN=C(N)N)NC(=O)[C@H](CC(N)=O)NC(=O)[C@@H]1CCCCNC(=O)CC[C@H](NC(C)=O)C(=O)N[C@@H](CN)C(=O)N[C@@H](Cc2cnc[nH]2)C(=O)N1)C(=O)N[C@@H](CCC(=O)O)C(=O)N[C@H](C(=O)N[C@H](C(N)=O)[C@@H](C)CC)[C@@H](C)CC. The summed E-state index contributed by atoms with van der Waals surface area (Å²) < 4.78 is 0. The monoisotopic (exact) mass is 1500 g/mol. The molecule has 27 N–H and O–H groups in total. The van der Waals surface area contributed by atoms with Crippen LogP contribution >= 0.6 is 0 Å². The average molecular weight is 1500 g/mol. The maximum atomic E-state index is 14.7. The van der Waals surface area contributed by atoms with Crippen molar-refractivity contribution in [3.05, 3.63) is 18.2 Å². The maximum absolute atomic E-state index is 14.7. The van der Waals surface area contributed by atoms with Gasteiger partial charge >= 0.3 is 5.97 Å². The molecule has 1 aliphatic rings. The Kier molecular flexibility index (Phi) is 42.4. The maximum Gasteiger partial charge on any atom is 0.303 e. The number of guanidine groups is 1. The van der Waals surface area contributed by atoms with E-state index in [9.17, 15) is 81.8 Å². The highest BCUT2D eigenvalue weighted by Crippen LogP contribution is 2.16. The quantitative estimate of drug-likeness (QED) is 0.0165. The Balaban J connectivity index is 2.62. The van der Waals surface area contributed by atoms with Gasteiger partial charge in [-0.25, -0.2) is 4.98 Å². The molecule has 1 aliphatic heterocycles. The van der Waals surface area contributed by atoms with Crippen molar-refractivity contribution in [1.82, 2.24) is 79.1 Å². The molecule has 39 nitrogen and oxygen atoms in total. The van der Waals surface area contributed by atoms with Crippen molar-refractivity contribution < 1.29 is 81.8 Å². The van der Waals surface area contributed by atoms with E-state index in [1.54, 1.807) is 41.5 Å². The number of imidazole rings is 1. The lowest BCUT2D eigenvalue weighted by Gasteiger charge is -2.30. The van der Waals surface area contributed by atoms with Gasteiger partial charge in [-0.3, -0.25) is 81.7 Å². The van der Waals surface area contributed by atoms with E-state index in [2.05, 4.69) is 84.1 Å². The van der Waals surface area contributed by atoms with Crippen molar-refractivity contribution in [2.45, 2.75) is 256 Å². The second-order valence-corrected chi connectivity index (χ2v) is 27.0. The van der Waals surface area contributed by atoms with Crippen LogP contribution in [-0.4, -0.2) is 214 Å². The zero-order valence-electron chi connectivity index (χ0n) is 62.1. The molecule has 1 aromatic rings. The molecule has 0 aromatic carbocycles. The fraction of sp³-hybridized carbons (Fsp3) is 0.701. The van der Waals surface area contributed by atoms with E-state index in [4.69, 9.17) is 34.4 Å². The van der Waals surface area contributed by atoms with Crippen molar-refractivity contribution in [3.63, 3.8) is 0 Å². The molecule has 1 fully saturated rings. The lowest BCUT2D eigenvalue weighted by Crippen LogP contribution is -2.61. The Morgan fingerprint density at radius 2 is 1.13 bits per heavy atom. The predicted octanol–water partition coefficient (Wildman–Crippen LogP) is -5.43. The molecule has 0 radical (unpaired) electrons. The number of amides is 15. The van der Waals surface area contributed by atoms with Gasteiger partial charge in [0.2, 0.25) is 88.6 Å². The summed E-state index contributed by atoms with van der Waals surface area (Å²) in [6.45, 7) is 13.0. The number of nitrogens with two attached hydrogens (primary N) is 6. The Morgan fingerprint density at radius 1 is 0.604 bits per heavy atom. The molecule has 1 aromatic heterocycles. The van der Waals surface area contributed by atoms with Crippen LogP contribution in [0.2, 0.25) is 0 Å². The fourth-order valence-corrected chi connectivity index (χ4v) is 11.1. The van der Waals surface area contributed by atoms with Crippen LogP contribution in [0.5, 0.6) is 0 Å². The van der Waals surface area contributed by atoms with Crippen LogP contribution in [0.25, 0.3) is 0 Å². The minimum absolute atomic E-state index is 0.00458. The summed E-state index contributed by atoms with van der Waals surface area (Å²) in [4.78, 5) is 230. The van der Waals surface area contributed by atoms with Crippen molar-refractivity contribution in [1.29, 1.82) is 0 Å². The minimum Gasteiger partial charge on any atom is -0.481 e. The Bertz CT molecular complexity index is 3130. The van der Waals surface area contributed by atoms with Gasteiger partial charge in [-0.05, 0) is 101 Å². The Morgan fingerprint density at radius 3 is 1.65 bits per heavy atom. The van der Waals surface area contributed by atoms with E-state index in [0.29, 0.717) is 37.8 Å². The number of carboxylic acid groups (broad SMARTS) is 1. The summed E-state index contributed by atoms with van der Waals surface area (Å²) in [5.41, 5.74) is 34.6. The number of primary amides is 2. The number of aromatic amines is 1. The third kappa shape index (κ3) is 34.7. The van der Waals surface area contributed by atoms with Crippen LogP contribution in [0.15, 0.2) is 17.5 Å². The standard InChI is InChI=1S/C67H116N22O17/c1-9-12-18-40(56(96)83-45(23-25-52(93)94)61(101)89-54(37(7)11-3)66(106)88-53(55(71)95)36(6)10-2)80-62(102)46(29-35(4)5)84-58(98)41(19-13-15-26-68)79-57(97)43(21-17-28-76-67(72)73)82-64(104)48(31-50(70)91)86-59(99)42-20-14-16-27-75-51(92)24-22-44(78-38(8)90)60(100)87-49(32-69)65(105)85-47(63(103)81-42)30-39-33-74-34-77-39/h33-37,40-49,53-54H,9-32,68-69H2,1-8H3,(H2,70,91)(H2,71,95)(H,74,77)(H,75,92)(H,78,90)(H,79,97)(H,80,102)(H,81,103)(H,82,104)(H,83,96)(H,84,98)(H,85,105)(H,86,99)(H,87,100)(H,88,106)(H,89,101)(H,93,94)(H4,72,73,76)/t36-,37-,40-,41-,42-,43-,44-,45-,46-,47-,48-,49-,53-,54-/m0/s1. The van der Waals surface area contributed by atoms with Crippen LogP contribution in [0.4, 0.5) is 0 Å². The summed E-state index contributed by atoms with van der Waals surface area (Å²) >= 11 is 0. The molecular weight excluding hydrogens is 1380 g/mol. The summed E-state index contributed by atoms with van der Waals surface area (Å²) in [6, 6.07) is -17.5. The van der Waals surface area contributed by atoms with Gasteiger partial charge in [0.05, 0.1) is 12.7 Å². The first-order valence-electron chi connectivity index (χ1n) is 36.2. The molecule has 0 aliphatic carbocycles. The summed E-state index contributed by atoms with van der Waals surface area (Å²) in [6.07, 6.45) is 1.99. The zero-order chi connectivity index (χ0) is 79.8. The smallest absolute Gasteiger partial charge is 0.303 e. The molecule has 2 rings (SSSR count). The molecule has 0 spiro atoms. The topological polar surface area (TPSA) is 647 Å². The molecule has 106 heavy (non-hydrogen) atoms. The van der Waals surface area contributed by atoms with E-state index in [-0.39, 0.29) is 114 Å². The van der Waals surface area contributed by atoms with Crippen LogP contribution in [-0.2, 0) is 83.1 Å². The molecule has 15 amide bonds. The van der Waals surface area contributed by atoms with Gasteiger partial charge in [0.25, 0.3) is 0 Å². The van der Waals surface area contributed by atoms with E-state index in [0.717, 1.165) is 6.92 Å². The van der Waals surface area contributed by atoms with Gasteiger partial charge in [0.1, 0.15) is 72.5 Å². The van der Waals surface area contributed by atoms with Crippen LogP contribution < -0.4 is 104 Å². The predicted molar refractivity (Wildman–Crippen MR) is 387 cm³/mol. The van der Waals surface area contributed by atoms with Gasteiger partial charge < -0.3 is 114 Å². The summed E-state index contributed by atoms with van der Waals surface area (Å²) in [5.74, 6) is -16.3. The highest BCUT2D eigenvalue weighted by atomic mass is 16.4. The number of rotatable bonds is 43. The molecule has 14 atom stereocenters. The Labute approximate surface area is 617 Å². The number of hydrogen-bond acceptors (Lipinski definition) is 20. The third-order valence-electron chi connectivity index (χ3n) is 17.6. The third-order valence-corrected chi connectivity index (χ3v) is 17.6. The Hall–Kier alpha value is -10.1. The van der Waals surface area contributed by atoms with Gasteiger partial charge in [-0.15, -0.1) is 0 Å². The molecule has 596 valence electrons. The second-order valence-electron chi connectivity index (χ2n) is 27.0. The lowest BCUT2D eigenvalue weighted by molar-refractivity contribution is -0.139. The number of H-pyrrole nitrogens is 1. The van der Waals surface area contributed by atoms with Gasteiger partial charge in [-0.1, -0.05) is 74.1 Å². The van der Waals surface area contributed by atoms with E-state index in [1.807, 2.05) is 6.92 Å². The van der Waals surface area contributed by atoms with Crippen molar-refractivity contribution in [2.24, 2.45) is 57.1 Å². The number of carbonyl (C=O) groups is 16. The first-order valence-corrected chi connectivity index (χ1v) is 36.2. The number of aromatic nitrogens is 2.